The fraction of sp³-hybridized carbons (Fsp3) is 0.238. The van der Waals surface area contributed by atoms with Gasteiger partial charge in [-0.05, 0) is 30.7 Å². The van der Waals surface area contributed by atoms with Gasteiger partial charge in [-0.1, -0.05) is 53.7 Å². The topological polar surface area (TPSA) is 58.6 Å². The zero-order chi connectivity index (χ0) is 19.2. The highest BCUT2D eigenvalue weighted by atomic mass is 32.2. The summed E-state index contributed by atoms with van der Waals surface area (Å²) in [5.41, 5.74) is 2.88. The van der Waals surface area contributed by atoms with Crippen LogP contribution in [0.15, 0.2) is 58.3 Å². The van der Waals surface area contributed by atoms with Gasteiger partial charge in [0.05, 0.1) is 17.2 Å². The second-order valence-corrected chi connectivity index (χ2v) is 7.31. The molecular formula is C21H22N2O3S. The largest absolute Gasteiger partial charge is 0.383 e. The van der Waals surface area contributed by atoms with Crippen LogP contribution >= 0.6 is 11.8 Å². The lowest BCUT2D eigenvalue weighted by Gasteiger charge is -2.29. The molecule has 0 radical (unpaired) electrons. The van der Waals surface area contributed by atoms with Crippen LogP contribution in [0.4, 0.5) is 5.69 Å². The fourth-order valence-electron chi connectivity index (χ4n) is 2.73. The molecular weight excluding hydrogens is 360 g/mol. The van der Waals surface area contributed by atoms with Gasteiger partial charge in [-0.2, -0.15) is 0 Å². The van der Waals surface area contributed by atoms with Crippen molar-refractivity contribution < 1.29 is 14.3 Å². The average molecular weight is 382 g/mol. The fourth-order valence-corrected chi connectivity index (χ4v) is 3.78. The first-order chi connectivity index (χ1) is 13.1. The number of para-hydroxylation sites is 1. The molecule has 0 saturated carbocycles. The van der Waals surface area contributed by atoms with Crippen LogP contribution < -0.4 is 10.2 Å². The van der Waals surface area contributed by atoms with E-state index in [0.717, 1.165) is 16.1 Å². The molecule has 1 aliphatic rings. The second-order valence-electron chi connectivity index (χ2n) is 6.22. The minimum Gasteiger partial charge on any atom is -0.383 e. The van der Waals surface area contributed by atoms with E-state index in [0.29, 0.717) is 18.1 Å². The van der Waals surface area contributed by atoms with Crippen molar-refractivity contribution in [1.82, 2.24) is 5.32 Å². The lowest BCUT2D eigenvalue weighted by Crippen LogP contribution is -2.43. The van der Waals surface area contributed by atoms with E-state index in [-0.39, 0.29) is 18.4 Å². The first-order valence-corrected chi connectivity index (χ1v) is 9.53. The highest BCUT2D eigenvalue weighted by Crippen LogP contribution is 2.41. The van der Waals surface area contributed by atoms with Crippen LogP contribution in [-0.4, -0.2) is 38.6 Å². The molecule has 0 bridgehead atoms. The van der Waals surface area contributed by atoms with Gasteiger partial charge in [0.2, 0.25) is 5.91 Å². The highest BCUT2D eigenvalue weighted by Gasteiger charge is 2.30. The summed E-state index contributed by atoms with van der Waals surface area (Å²) in [6.07, 6.45) is 1.87. The van der Waals surface area contributed by atoms with Crippen molar-refractivity contribution in [2.45, 2.75) is 11.8 Å². The van der Waals surface area contributed by atoms with Gasteiger partial charge in [0, 0.05) is 18.6 Å². The Kier molecular flexibility index (Phi) is 6.32. The number of carbonyl (C=O) groups excluding carboxylic acids is 2. The van der Waals surface area contributed by atoms with Crippen molar-refractivity contribution in [1.29, 1.82) is 0 Å². The number of benzene rings is 2. The lowest BCUT2D eigenvalue weighted by atomic mass is 10.1. The molecule has 0 atom stereocenters. The Morgan fingerprint density at radius 3 is 2.67 bits per heavy atom. The molecule has 3 rings (SSSR count). The molecule has 2 aromatic carbocycles. The predicted octanol–water partition coefficient (Wildman–Crippen LogP) is 3.24. The maximum absolute atomic E-state index is 13.1. The van der Waals surface area contributed by atoms with E-state index in [9.17, 15) is 9.59 Å². The van der Waals surface area contributed by atoms with Crippen molar-refractivity contribution in [3.63, 3.8) is 0 Å². The Balaban J connectivity index is 1.86. The maximum Gasteiger partial charge on any atom is 0.265 e. The molecule has 0 aromatic heterocycles. The molecule has 6 heteroatoms. The van der Waals surface area contributed by atoms with E-state index in [4.69, 9.17) is 4.74 Å². The average Bonchev–Trinajstić information content (AvgIpc) is 2.67. The molecule has 1 aliphatic heterocycles. The summed E-state index contributed by atoms with van der Waals surface area (Å²) < 4.78 is 4.94. The molecule has 0 unspecified atom stereocenters. The smallest absolute Gasteiger partial charge is 0.265 e. The SMILES string of the molecule is COCCNC(=O)CN1C(=O)/C(=C\c2ccc(C)cc2)Sc2ccccc21. The molecule has 0 spiro atoms. The Morgan fingerprint density at radius 1 is 1.19 bits per heavy atom. The number of methoxy groups -OCH3 is 1. The first-order valence-electron chi connectivity index (χ1n) is 8.71. The van der Waals surface area contributed by atoms with Gasteiger partial charge in [0.25, 0.3) is 5.91 Å². The molecule has 0 saturated heterocycles. The van der Waals surface area contributed by atoms with Crippen molar-refractivity contribution in [2.24, 2.45) is 0 Å². The highest BCUT2D eigenvalue weighted by molar-refractivity contribution is 8.04. The number of carbonyl (C=O) groups is 2. The number of nitrogens with one attached hydrogen (secondary N) is 1. The zero-order valence-electron chi connectivity index (χ0n) is 15.4. The van der Waals surface area contributed by atoms with Crippen molar-refractivity contribution in [3.8, 4) is 0 Å². The first kappa shape index (κ1) is 19.2. The molecule has 2 amide bonds. The van der Waals surface area contributed by atoms with Gasteiger partial charge in [-0.25, -0.2) is 0 Å². The number of amides is 2. The van der Waals surface area contributed by atoms with Crippen LogP contribution in [-0.2, 0) is 14.3 Å². The van der Waals surface area contributed by atoms with Crippen LogP contribution in [0.25, 0.3) is 6.08 Å². The molecule has 0 fully saturated rings. The third kappa shape index (κ3) is 4.78. The summed E-state index contributed by atoms with van der Waals surface area (Å²) in [6, 6.07) is 15.6. The normalized spacial score (nSPS) is 15.0. The molecule has 2 aromatic rings. The number of anilines is 1. The zero-order valence-corrected chi connectivity index (χ0v) is 16.2. The van der Waals surface area contributed by atoms with Gasteiger partial charge in [0.1, 0.15) is 6.54 Å². The van der Waals surface area contributed by atoms with Gasteiger partial charge >= 0.3 is 0 Å². The monoisotopic (exact) mass is 382 g/mol. The van der Waals surface area contributed by atoms with Crippen LogP contribution in [0.1, 0.15) is 11.1 Å². The molecule has 140 valence electrons. The summed E-state index contributed by atoms with van der Waals surface area (Å²) in [6.45, 7) is 2.85. The molecule has 1 heterocycles. The number of ether oxygens (including phenoxy) is 1. The van der Waals surface area contributed by atoms with E-state index >= 15 is 0 Å². The third-order valence-electron chi connectivity index (χ3n) is 4.14. The number of hydrogen-bond acceptors (Lipinski definition) is 4. The summed E-state index contributed by atoms with van der Waals surface area (Å²) in [5, 5.41) is 2.77. The van der Waals surface area contributed by atoms with E-state index in [1.54, 1.807) is 7.11 Å². The van der Waals surface area contributed by atoms with E-state index < -0.39 is 0 Å². The van der Waals surface area contributed by atoms with Crippen LogP contribution in [0, 0.1) is 6.92 Å². The minimum absolute atomic E-state index is 0.0225. The summed E-state index contributed by atoms with van der Waals surface area (Å²) in [7, 11) is 1.58. The number of thioether (sulfide) groups is 1. The van der Waals surface area contributed by atoms with Crippen LogP contribution in [0.5, 0.6) is 0 Å². The maximum atomic E-state index is 13.1. The predicted molar refractivity (Wildman–Crippen MR) is 109 cm³/mol. The number of nitrogens with zero attached hydrogens (tertiary/aromatic N) is 1. The standard InChI is InChI=1S/C21H22N2O3S/c1-15-7-9-16(10-8-15)13-19-21(25)23(14-20(24)22-11-12-26-2)17-5-3-4-6-18(17)27-19/h3-10,13H,11-12,14H2,1-2H3,(H,22,24)/b19-13+. The van der Waals surface area contributed by atoms with Crippen molar-refractivity contribution >= 4 is 35.3 Å². The summed E-state index contributed by atoms with van der Waals surface area (Å²) >= 11 is 1.43. The Morgan fingerprint density at radius 2 is 1.93 bits per heavy atom. The van der Waals surface area contributed by atoms with Crippen molar-refractivity contribution in [3.05, 3.63) is 64.6 Å². The van der Waals surface area contributed by atoms with Gasteiger partial charge in [-0.3, -0.25) is 14.5 Å². The third-order valence-corrected chi connectivity index (χ3v) is 5.21. The number of hydrogen-bond donors (Lipinski definition) is 1. The number of aryl methyl sites for hydroxylation is 1. The quantitative estimate of drug-likeness (QED) is 0.616. The van der Waals surface area contributed by atoms with Gasteiger partial charge < -0.3 is 10.1 Å². The van der Waals surface area contributed by atoms with Crippen LogP contribution in [0.2, 0.25) is 0 Å². The second kappa shape index (κ2) is 8.88. The van der Waals surface area contributed by atoms with Gasteiger partial charge in [-0.15, -0.1) is 0 Å². The van der Waals surface area contributed by atoms with E-state index in [2.05, 4.69) is 5.32 Å². The molecule has 5 nitrogen and oxygen atoms in total. The van der Waals surface area contributed by atoms with Gasteiger partial charge in [0.15, 0.2) is 0 Å². The summed E-state index contributed by atoms with van der Waals surface area (Å²) in [5.74, 6) is -0.377. The Hall–Kier alpha value is -2.57. The minimum atomic E-state index is -0.211. The molecule has 27 heavy (non-hydrogen) atoms. The number of rotatable bonds is 6. The summed E-state index contributed by atoms with van der Waals surface area (Å²) in [4.78, 5) is 28.4. The van der Waals surface area contributed by atoms with E-state index in [1.807, 2.05) is 61.5 Å². The number of fused-ring (bicyclic) bond motifs is 1. The van der Waals surface area contributed by atoms with Crippen molar-refractivity contribution in [2.75, 3.05) is 31.7 Å². The Labute approximate surface area is 163 Å². The molecule has 1 N–H and O–H groups in total. The lowest BCUT2D eigenvalue weighted by molar-refractivity contribution is -0.122. The van der Waals surface area contributed by atoms with E-state index in [1.165, 1.54) is 22.2 Å². The Bertz CT molecular complexity index is 862. The molecule has 0 aliphatic carbocycles. The van der Waals surface area contributed by atoms with Crippen LogP contribution in [0.3, 0.4) is 0 Å².